The van der Waals surface area contributed by atoms with E-state index in [1.165, 1.54) is 4.90 Å². The van der Waals surface area contributed by atoms with Crippen molar-refractivity contribution in [3.05, 3.63) is 30.3 Å². The first kappa shape index (κ1) is 16.7. The highest BCUT2D eigenvalue weighted by molar-refractivity contribution is 7.99. The van der Waals surface area contributed by atoms with Crippen LogP contribution in [-0.4, -0.2) is 59.3 Å². The molecular weight excluding hydrogens is 298 g/mol. The van der Waals surface area contributed by atoms with Crippen molar-refractivity contribution in [3.63, 3.8) is 0 Å². The molecular formula is C16H25N3S2. The van der Waals surface area contributed by atoms with Crippen LogP contribution < -0.4 is 5.73 Å². The molecule has 1 atom stereocenters. The van der Waals surface area contributed by atoms with Crippen LogP contribution >= 0.6 is 24.0 Å². The topological polar surface area (TPSA) is 32.5 Å². The fourth-order valence-corrected chi connectivity index (χ4v) is 4.00. The summed E-state index contributed by atoms with van der Waals surface area (Å²) in [4.78, 5) is 6.98. The van der Waals surface area contributed by atoms with E-state index in [2.05, 4.69) is 47.1 Å². The molecule has 3 nitrogen and oxygen atoms in total. The lowest BCUT2D eigenvalue weighted by molar-refractivity contribution is 0.121. The van der Waals surface area contributed by atoms with Gasteiger partial charge in [0.15, 0.2) is 0 Å². The predicted octanol–water partition coefficient (Wildman–Crippen LogP) is 2.46. The third kappa shape index (κ3) is 5.25. The summed E-state index contributed by atoms with van der Waals surface area (Å²) < 4.78 is 0. The first-order chi connectivity index (χ1) is 10.2. The van der Waals surface area contributed by atoms with E-state index >= 15 is 0 Å². The van der Waals surface area contributed by atoms with Crippen LogP contribution in [0.25, 0.3) is 0 Å². The zero-order valence-corrected chi connectivity index (χ0v) is 14.3. The summed E-state index contributed by atoms with van der Waals surface area (Å²) in [6.07, 6.45) is 1.01. The Kier molecular flexibility index (Phi) is 6.96. The highest BCUT2D eigenvalue weighted by Gasteiger charge is 2.23. The summed E-state index contributed by atoms with van der Waals surface area (Å²) in [6.45, 7) is 7.70. The molecule has 0 saturated carbocycles. The second-order valence-corrected chi connectivity index (χ2v) is 7.01. The quantitative estimate of drug-likeness (QED) is 0.615. The average molecular weight is 324 g/mol. The lowest BCUT2D eigenvalue weighted by Gasteiger charge is -2.38. The smallest absolute Gasteiger partial charge is 0.0901 e. The van der Waals surface area contributed by atoms with E-state index in [4.69, 9.17) is 18.0 Å². The molecule has 2 rings (SSSR count). The number of thiocarbonyl (C=S) groups is 1. The van der Waals surface area contributed by atoms with Crippen LogP contribution in [0.2, 0.25) is 0 Å². The van der Waals surface area contributed by atoms with Gasteiger partial charge in [0.1, 0.15) is 0 Å². The molecule has 0 spiro atoms. The van der Waals surface area contributed by atoms with E-state index in [0.29, 0.717) is 4.99 Å². The highest BCUT2D eigenvalue weighted by Crippen LogP contribution is 2.17. The van der Waals surface area contributed by atoms with Gasteiger partial charge in [0.05, 0.1) is 11.0 Å². The number of benzene rings is 1. The fraction of sp³-hybridized carbons (Fsp3) is 0.562. The van der Waals surface area contributed by atoms with E-state index in [9.17, 15) is 0 Å². The van der Waals surface area contributed by atoms with Crippen LogP contribution in [0.5, 0.6) is 0 Å². The van der Waals surface area contributed by atoms with E-state index in [1.54, 1.807) is 0 Å². The number of piperazine rings is 1. The molecule has 0 radical (unpaired) electrons. The Labute approximate surface area is 137 Å². The summed E-state index contributed by atoms with van der Waals surface area (Å²) in [5.41, 5.74) is 5.83. The third-order valence-corrected chi connectivity index (χ3v) is 5.25. The highest BCUT2D eigenvalue weighted by atomic mass is 32.2. The van der Waals surface area contributed by atoms with Gasteiger partial charge in [0.2, 0.25) is 0 Å². The zero-order chi connectivity index (χ0) is 15.1. The molecule has 0 aliphatic carbocycles. The molecule has 1 unspecified atom stereocenters. The number of rotatable bonds is 7. The van der Waals surface area contributed by atoms with Gasteiger partial charge >= 0.3 is 0 Å². The molecule has 1 aromatic carbocycles. The predicted molar refractivity (Wildman–Crippen MR) is 96.0 cm³/mol. The Morgan fingerprint density at radius 3 is 2.48 bits per heavy atom. The Hall–Kier alpha value is -0.620. The maximum atomic E-state index is 5.83. The second kappa shape index (κ2) is 8.73. The minimum absolute atomic E-state index is 0.279. The van der Waals surface area contributed by atoms with Gasteiger partial charge in [-0.2, -0.15) is 0 Å². The van der Waals surface area contributed by atoms with Crippen molar-refractivity contribution in [1.82, 2.24) is 9.80 Å². The maximum Gasteiger partial charge on any atom is 0.0901 e. The molecule has 1 saturated heterocycles. The molecule has 1 aliphatic rings. The largest absolute Gasteiger partial charge is 0.392 e. The lowest BCUT2D eigenvalue weighted by atomic mass is 10.1. The molecule has 0 aromatic heterocycles. The van der Waals surface area contributed by atoms with Crippen LogP contribution in [0.15, 0.2) is 35.2 Å². The summed E-state index contributed by atoms with van der Waals surface area (Å²) in [5, 5.41) is 0. The minimum Gasteiger partial charge on any atom is -0.392 e. The number of hydrogen-bond donors (Lipinski definition) is 1. The lowest BCUT2D eigenvalue weighted by Crippen LogP contribution is -2.53. The van der Waals surface area contributed by atoms with Gasteiger partial charge in [0, 0.05) is 43.4 Å². The van der Waals surface area contributed by atoms with Crippen LogP contribution in [-0.2, 0) is 0 Å². The molecule has 1 heterocycles. The normalized spacial score (nSPS) is 18.5. The van der Waals surface area contributed by atoms with Crippen LogP contribution in [0.4, 0.5) is 0 Å². The van der Waals surface area contributed by atoms with Gasteiger partial charge in [-0.1, -0.05) is 37.3 Å². The van der Waals surface area contributed by atoms with Gasteiger partial charge in [-0.05, 0) is 18.6 Å². The summed E-state index contributed by atoms with van der Waals surface area (Å²) in [5.74, 6) is 1.15. The van der Waals surface area contributed by atoms with E-state index < -0.39 is 0 Å². The number of nitrogens with zero attached hydrogens (tertiary/aromatic N) is 2. The monoisotopic (exact) mass is 323 g/mol. The Balaban J connectivity index is 1.68. The average Bonchev–Trinajstić information content (AvgIpc) is 2.50. The Morgan fingerprint density at radius 2 is 1.90 bits per heavy atom. The van der Waals surface area contributed by atoms with Crippen LogP contribution in [0.3, 0.4) is 0 Å². The maximum absolute atomic E-state index is 5.83. The molecule has 2 N–H and O–H groups in total. The number of hydrogen-bond acceptors (Lipinski definition) is 4. The van der Waals surface area contributed by atoms with Crippen LogP contribution in [0.1, 0.15) is 13.3 Å². The van der Waals surface area contributed by atoms with E-state index in [1.807, 2.05) is 11.8 Å². The van der Waals surface area contributed by atoms with Crippen LogP contribution in [0, 0.1) is 0 Å². The molecule has 0 bridgehead atoms. The van der Waals surface area contributed by atoms with Crippen molar-refractivity contribution < 1.29 is 0 Å². The molecule has 1 fully saturated rings. The molecule has 21 heavy (non-hydrogen) atoms. The van der Waals surface area contributed by atoms with Crippen molar-refractivity contribution in [1.29, 1.82) is 0 Å². The molecule has 1 aromatic rings. The third-order valence-electron chi connectivity index (χ3n) is 3.98. The Bertz CT molecular complexity index is 430. The molecule has 116 valence electrons. The van der Waals surface area contributed by atoms with Gasteiger partial charge in [-0.15, -0.1) is 11.8 Å². The SMILES string of the molecule is CCC(C(N)=S)N1CCN(CCSc2ccccc2)CC1. The Morgan fingerprint density at radius 1 is 1.24 bits per heavy atom. The summed E-state index contributed by atoms with van der Waals surface area (Å²) in [6, 6.07) is 10.9. The van der Waals surface area contributed by atoms with Crippen molar-refractivity contribution in [2.24, 2.45) is 5.73 Å². The van der Waals surface area contributed by atoms with Crippen molar-refractivity contribution >= 4 is 29.0 Å². The molecule has 1 aliphatic heterocycles. The zero-order valence-electron chi connectivity index (χ0n) is 12.7. The van der Waals surface area contributed by atoms with E-state index in [0.717, 1.165) is 44.9 Å². The van der Waals surface area contributed by atoms with Crippen molar-refractivity contribution in [2.45, 2.75) is 24.3 Å². The van der Waals surface area contributed by atoms with E-state index in [-0.39, 0.29) is 6.04 Å². The fourth-order valence-electron chi connectivity index (χ4n) is 2.75. The standard InChI is InChI=1S/C16H25N3S2/c1-2-15(16(17)20)19-10-8-18(9-11-19)12-13-21-14-6-4-3-5-7-14/h3-7,15H,2,8-13H2,1H3,(H2,17,20). The van der Waals surface area contributed by atoms with Crippen molar-refractivity contribution in [2.75, 3.05) is 38.5 Å². The minimum atomic E-state index is 0.279. The van der Waals surface area contributed by atoms with Gasteiger partial charge < -0.3 is 5.73 Å². The summed E-state index contributed by atoms with van der Waals surface area (Å²) in [7, 11) is 0. The van der Waals surface area contributed by atoms with Crippen molar-refractivity contribution in [3.8, 4) is 0 Å². The second-order valence-electron chi connectivity index (χ2n) is 5.37. The number of thioether (sulfide) groups is 1. The summed E-state index contributed by atoms with van der Waals surface area (Å²) >= 11 is 7.10. The number of nitrogens with two attached hydrogens (primary N) is 1. The van der Waals surface area contributed by atoms with Gasteiger partial charge in [-0.25, -0.2) is 0 Å². The van der Waals surface area contributed by atoms with Gasteiger partial charge in [0.25, 0.3) is 0 Å². The first-order valence-corrected chi connectivity index (χ1v) is 9.03. The molecule has 5 heteroatoms. The first-order valence-electron chi connectivity index (χ1n) is 7.64. The molecule has 0 amide bonds. The van der Waals surface area contributed by atoms with Gasteiger partial charge in [-0.3, -0.25) is 9.80 Å².